The van der Waals surface area contributed by atoms with Crippen LogP contribution < -0.4 is 15.6 Å². The van der Waals surface area contributed by atoms with Gasteiger partial charge in [-0.25, -0.2) is 4.98 Å². The van der Waals surface area contributed by atoms with Crippen LogP contribution >= 0.6 is 0 Å². The van der Waals surface area contributed by atoms with Crippen LogP contribution in [0.5, 0.6) is 5.75 Å². The third-order valence-electron chi connectivity index (χ3n) is 3.83. The summed E-state index contributed by atoms with van der Waals surface area (Å²) in [5.74, 6) is 1.91. The summed E-state index contributed by atoms with van der Waals surface area (Å²) in [6, 6.07) is 15.4. The lowest BCUT2D eigenvalue weighted by molar-refractivity contribution is 0.271. The fourth-order valence-electron chi connectivity index (χ4n) is 2.51. The summed E-state index contributed by atoms with van der Waals surface area (Å²) in [4.78, 5) is 19.2. The van der Waals surface area contributed by atoms with Crippen LogP contribution in [0.25, 0.3) is 10.9 Å². The highest BCUT2D eigenvalue weighted by Gasteiger charge is 2.03. The highest BCUT2D eigenvalue weighted by atomic mass is 16.5. The molecule has 0 aliphatic carbocycles. The number of hydrogen-bond donors (Lipinski definition) is 2. The average molecular weight is 337 g/mol. The molecule has 0 aliphatic rings. The van der Waals surface area contributed by atoms with E-state index in [0.29, 0.717) is 29.3 Å². The van der Waals surface area contributed by atoms with Gasteiger partial charge in [-0.1, -0.05) is 38.1 Å². The van der Waals surface area contributed by atoms with E-state index < -0.39 is 0 Å². The standard InChI is InChI=1S/C20H23N3O2/c1-14(2)13-25-16-9-7-15(8-10-16)11-12-21-20-22-18-6-4-3-5-17(18)19(24)23-20/h3-10,14H,11-13H2,1-2H3,(H2,21,22,23,24). The van der Waals surface area contributed by atoms with Gasteiger partial charge in [-0.15, -0.1) is 0 Å². The van der Waals surface area contributed by atoms with Gasteiger partial charge in [0, 0.05) is 6.54 Å². The second-order valence-electron chi connectivity index (χ2n) is 6.46. The molecule has 1 aromatic heterocycles. The molecule has 0 unspecified atom stereocenters. The number of H-pyrrole nitrogens is 1. The van der Waals surface area contributed by atoms with E-state index in [1.165, 1.54) is 5.56 Å². The molecular weight excluding hydrogens is 314 g/mol. The van der Waals surface area contributed by atoms with E-state index in [1.54, 1.807) is 6.07 Å². The smallest absolute Gasteiger partial charge is 0.260 e. The number of ether oxygens (including phenoxy) is 1. The number of fused-ring (bicyclic) bond motifs is 1. The number of anilines is 1. The molecule has 3 rings (SSSR count). The lowest BCUT2D eigenvalue weighted by Gasteiger charge is -2.10. The molecule has 0 atom stereocenters. The molecule has 2 N–H and O–H groups in total. The number of para-hydroxylation sites is 1. The van der Waals surface area contributed by atoms with Crippen LogP contribution in [-0.2, 0) is 6.42 Å². The van der Waals surface area contributed by atoms with E-state index in [2.05, 4.69) is 41.3 Å². The maximum absolute atomic E-state index is 12.0. The van der Waals surface area contributed by atoms with Crippen LogP contribution in [0.4, 0.5) is 5.95 Å². The molecule has 0 amide bonds. The molecule has 2 aromatic carbocycles. The summed E-state index contributed by atoms with van der Waals surface area (Å²) in [7, 11) is 0. The molecule has 5 nitrogen and oxygen atoms in total. The van der Waals surface area contributed by atoms with E-state index in [-0.39, 0.29) is 5.56 Å². The van der Waals surface area contributed by atoms with Crippen molar-refractivity contribution in [3.63, 3.8) is 0 Å². The van der Waals surface area contributed by atoms with E-state index >= 15 is 0 Å². The third kappa shape index (κ3) is 4.59. The van der Waals surface area contributed by atoms with E-state index in [4.69, 9.17) is 4.74 Å². The molecule has 130 valence electrons. The minimum atomic E-state index is -0.125. The van der Waals surface area contributed by atoms with Crippen LogP contribution in [0, 0.1) is 5.92 Å². The molecule has 3 aromatic rings. The zero-order valence-corrected chi connectivity index (χ0v) is 14.6. The van der Waals surface area contributed by atoms with Gasteiger partial charge in [-0.2, -0.15) is 0 Å². The van der Waals surface area contributed by atoms with Gasteiger partial charge in [-0.05, 0) is 42.2 Å². The molecule has 0 spiro atoms. The quantitative estimate of drug-likeness (QED) is 0.691. The maximum atomic E-state index is 12.0. The first-order valence-electron chi connectivity index (χ1n) is 8.56. The molecule has 0 fully saturated rings. The van der Waals surface area contributed by atoms with Crippen molar-refractivity contribution in [3.8, 4) is 5.75 Å². The molecule has 0 aliphatic heterocycles. The number of rotatable bonds is 7. The minimum Gasteiger partial charge on any atom is -0.493 e. The Hall–Kier alpha value is -2.82. The van der Waals surface area contributed by atoms with Crippen molar-refractivity contribution in [2.75, 3.05) is 18.5 Å². The Morgan fingerprint density at radius 2 is 1.88 bits per heavy atom. The first kappa shape index (κ1) is 17.0. The maximum Gasteiger partial charge on any atom is 0.260 e. The van der Waals surface area contributed by atoms with Crippen molar-refractivity contribution in [1.29, 1.82) is 0 Å². The van der Waals surface area contributed by atoms with Crippen LogP contribution in [0.3, 0.4) is 0 Å². The summed E-state index contributed by atoms with van der Waals surface area (Å²) in [6.45, 7) is 5.67. The zero-order chi connectivity index (χ0) is 17.6. The summed E-state index contributed by atoms with van der Waals surface area (Å²) >= 11 is 0. The molecule has 0 saturated carbocycles. The Kier molecular flexibility index (Phi) is 5.33. The monoisotopic (exact) mass is 337 g/mol. The Labute approximate surface area is 147 Å². The zero-order valence-electron chi connectivity index (χ0n) is 14.6. The Morgan fingerprint density at radius 3 is 2.64 bits per heavy atom. The van der Waals surface area contributed by atoms with Gasteiger partial charge in [0.1, 0.15) is 5.75 Å². The second-order valence-corrected chi connectivity index (χ2v) is 6.46. The molecule has 5 heteroatoms. The lowest BCUT2D eigenvalue weighted by atomic mass is 10.1. The van der Waals surface area contributed by atoms with Gasteiger partial charge in [-0.3, -0.25) is 9.78 Å². The molecular formula is C20H23N3O2. The predicted molar refractivity (Wildman–Crippen MR) is 101 cm³/mol. The summed E-state index contributed by atoms with van der Waals surface area (Å²) in [5, 5.41) is 3.78. The fourth-order valence-corrected chi connectivity index (χ4v) is 2.51. The first-order valence-corrected chi connectivity index (χ1v) is 8.56. The Balaban J connectivity index is 1.57. The van der Waals surface area contributed by atoms with Gasteiger partial charge in [0.25, 0.3) is 5.56 Å². The number of nitrogens with one attached hydrogen (secondary N) is 2. The number of hydrogen-bond acceptors (Lipinski definition) is 4. The van der Waals surface area contributed by atoms with Crippen LogP contribution in [0.15, 0.2) is 53.3 Å². The van der Waals surface area contributed by atoms with Crippen LogP contribution in [0.2, 0.25) is 0 Å². The second kappa shape index (κ2) is 7.83. The van der Waals surface area contributed by atoms with Gasteiger partial charge >= 0.3 is 0 Å². The van der Waals surface area contributed by atoms with Crippen LogP contribution in [-0.4, -0.2) is 23.1 Å². The largest absolute Gasteiger partial charge is 0.493 e. The number of nitrogens with zero attached hydrogens (tertiary/aromatic N) is 1. The van der Waals surface area contributed by atoms with Crippen molar-refractivity contribution in [1.82, 2.24) is 9.97 Å². The number of aromatic nitrogens is 2. The van der Waals surface area contributed by atoms with Crippen molar-refractivity contribution >= 4 is 16.9 Å². The van der Waals surface area contributed by atoms with E-state index in [9.17, 15) is 4.79 Å². The Morgan fingerprint density at radius 1 is 1.12 bits per heavy atom. The third-order valence-corrected chi connectivity index (χ3v) is 3.83. The topological polar surface area (TPSA) is 67.0 Å². The van der Waals surface area contributed by atoms with E-state index in [0.717, 1.165) is 18.8 Å². The average Bonchev–Trinajstić information content (AvgIpc) is 2.61. The first-order chi connectivity index (χ1) is 12.1. The van der Waals surface area contributed by atoms with Crippen molar-refractivity contribution in [3.05, 3.63) is 64.4 Å². The van der Waals surface area contributed by atoms with Gasteiger partial charge in [0.05, 0.1) is 17.5 Å². The summed E-state index contributed by atoms with van der Waals surface area (Å²) < 4.78 is 5.68. The van der Waals surface area contributed by atoms with Crippen molar-refractivity contribution in [2.24, 2.45) is 5.92 Å². The highest BCUT2D eigenvalue weighted by Crippen LogP contribution is 2.14. The highest BCUT2D eigenvalue weighted by molar-refractivity contribution is 5.78. The summed E-state index contributed by atoms with van der Waals surface area (Å²) in [6.07, 6.45) is 0.834. The minimum absolute atomic E-state index is 0.125. The molecule has 0 saturated heterocycles. The molecule has 0 bridgehead atoms. The summed E-state index contributed by atoms with van der Waals surface area (Å²) in [5.41, 5.74) is 1.77. The van der Waals surface area contributed by atoms with Crippen molar-refractivity contribution in [2.45, 2.75) is 20.3 Å². The predicted octanol–water partition coefficient (Wildman–Crippen LogP) is 3.61. The SMILES string of the molecule is CC(C)COc1ccc(CCNc2nc3ccccc3c(=O)[nH]2)cc1. The molecule has 1 heterocycles. The fraction of sp³-hybridized carbons (Fsp3) is 0.300. The Bertz CT molecular complexity index is 885. The number of aromatic amines is 1. The normalized spacial score (nSPS) is 11.0. The molecule has 25 heavy (non-hydrogen) atoms. The number of benzene rings is 2. The lowest BCUT2D eigenvalue weighted by Crippen LogP contribution is -2.14. The van der Waals surface area contributed by atoms with Crippen LogP contribution in [0.1, 0.15) is 19.4 Å². The van der Waals surface area contributed by atoms with Gasteiger partial charge < -0.3 is 10.1 Å². The van der Waals surface area contributed by atoms with Gasteiger partial charge in [0.2, 0.25) is 5.95 Å². The molecule has 0 radical (unpaired) electrons. The van der Waals surface area contributed by atoms with E-state index in [1.807, 2.05) is 30.3 Å². The van der Waals surface area contributed by atoms with Crippen molar-refractivity contribution < 1.29 is 4.74 Å². The van der Waals surface area contributed by atoms with Gasteiger partial charge in [0.15, 0.2) is 0 Å².